The molecule has 1 heterocycles. The van der Waals surface area contributed by atoms with Gasteiger partial charge in [-0.3, -0.25) is 0 Å². The van der Waals surface area contributed by atoms with Crippen LogP contribution in [0.25, 0.3) is 0 Å². The lowest BCUT2D eigenvalue weighted by molar-refractivity contribution is -0.143. The Labute approximate surface area is 173 Å². The summed E-state index contributed by atoms with van der Waals surface area (Å²) in [7, 11) is 1.21. The number of alkyl halides is 6. The molecule has 1 aliphatic rings. The summed E-state index contributed by atoms with van der Waals surface area (Å²) in [6.45, 7) is 8.54. The average Bonchev–Trinajstić information content (AvgIpc) is 2.68. The van der Waals surface area contributed by atoms with E-state index in [1.807, 2.05) is 13.8 Å². The van der Waals surface area contributed by atoms with Crippen molar-refractivity contribution < 1.29 is 36.2 Å². The molecule has 174 valence electrons. The Balaban J connectivity index is 0.000000590. The Morgan fingerprint density at radius 2 is 1.57 bits per heavy atom. The fraction of sp³-hybridized carbons (Fsp3) is 0.650. The largest absolute Gasteiger partial charge is 0.416 e. The Morgan fingerprint density at radius 3 is 1.83 bits per heavy atom. The van der Waals surface area contributed by atoms with Crippen LogP contribution in [0.3, 0.4) is 0 Å². The topological polar surface area (TPSA) is 65.3 Å². The smallest absolute Gasteiger partial charge is 0.383 e. The number of ether oxygens (including phenoxy) is 1. The van der Waals surface area contributed by atoms with Crippen LogP contribution in [0.4, 0.5) is 26.3 Å². The van der Waals surface area contributed by atoms with E-state index in [1.165, 1.54) is 14.0 Å². The molecule has 0 aromatic heterocycles. The fourth-order valence-corrected chi connectivity index (χ4v) is 2.56. The maximum atomic E-state index is 12.5. The number of hydrogen-bond acceptors (Lipinski definition) is 4. The van der Waals surface area contributed by atoms with Crippen LogP contribution in [0.1, 0.15) is 63.3 Å². The summed E-state index contributed by atoms with van der Waals surface area (Å²) < 4.78 is 79.7. The van der Waals surface area contributed by atoms with Gasteiger partial charge in [0.1, 0.15) is 5.60 Å². The van der Waals surface area contributed by atoms with Crippen LogP contribution in [0, 0.1) is 5.41 Å². The first-order chi connectivity index (χ1) is 13.7. The molecule has 0 saturated carbocycles. The second-order valence-corrected chi connectivity index (χ2v) is 6.65. The van der Waals surface area contributed by atoms with E-state index < -0.39 is 35.2 Å². The number of rotatable bonds is 3. The minimum Gasteiger partial charge on any atom is -0.383 e. The maximum absolute atomic E-state index is 12.5. The van der Waals surface area contributed by atoms with Gasteiger partial charge in [-0.2, -0.15) is 26.3 Å². The van der Waals surface area contributed by atoms with Crippen LogP contribution in [-0.4, -0.2) is 36.6 Å². The van der Waals surface area contributed by atoms with E-state index in [0.717, 1.165) is 19.4 Å². The highest BCUT2D eigenvalue weighted by Gasteiger charge is 2.37. The summed E-state index contributed by atoms with van der Waals surface area (Å²) in [5, 5.41) is 20.0. The summed E-state index contributed by atoms with van der Waals surface area (Å²) in [4.78, 5) is 0. The van der Waals surface area contributed by atoms with Gasteiger partial charge in [0, 0.05) is 19.4 Å². The number of piperidine rings is 1. The van der Waals surface area contributed by atoms with Crippen molar-refractivity contribution in [2.75, 3.05) is 20.2 Å². The average molecular weight is 444 g/mol. The van der Waals surface area contributed by atoms with Crippen molar-refractivity contribution in [1.82, 2.24) is 5.32 Å². The van der Waals surface area contributed by atoms with Crippen molar-refractivity contribution in [3.63, 3.8) is 0 Å². The lowest BCUT2D eigenvalue weighted by Crippen LogP contribution is -2.50. The van der Waals surface area contributed by atoms with Gasteiger partial charge in [-0.1, -0.05) is 13.8 Å². The lowest BCUT2D eigenvalue weighted by Gasteiger charge is -2.31. The molecule has 0 radical (unpaired) electrons. The van der Waals surface area contributed by atoms with Crippen LogP contribution in [0.5, 0.6) is 0 Å². The summed E-state index contributed by atoms with van der Waals surface area (Å²) in [6, 6.07) is 1.40. The van der Waals surface area contributed by atoms with Gasteiger partial charge in [-0.05, 0) is 57.0 Å². The fourth-order valence-electron chi connectivity index (χ4n) is 2.56. The van der Waals surface area contributed by atoms with E-state index in [2.05, 4.69) is 5.32 Å². The number of β-amino-alcohol motifs (C(OH)–C–C–N with tert-alkyl or cyclic N) is 1. The van der Waals surface area contributed by atoms with E-state index in [9.17, 15) is 31.4 Å². The van der Waals surface area contributed by atoms with E-state index in [1.54, 1.807) is 6.92 Å². The third kappa shape index (κ3) is 8.61. The van der Waals surface area contributed by atoms with Crippen LogP contribution >= 0.6 is 0 Å². The molecular weight excluding hydrogens is 414 g/mol. The second-order valence-electron chi connectivity index (χ2n) is 6.65. The molecule has 1 saturated heterocycles. The highest BCUT2D eigenvalue weighted by molar-refractivity contribution is 5.87. The maximum Gasteiger partial charge on any atom is 0.416 e. The number of methoxy groups -OCH3 is 1. The first-order valence-electron chi connectivity index (χ1n) is 9.51. The normalized spacial score (nSPS) is 20.3. The molecule has 1 unspecified atom stereocenters. The molecule has 10 heteroatoms. The molecule has 2 rings (SSSR count). The van der Waals surface area contributed by atoms with Gasteiger partial charge in [0.05, 0.1) is 17.2 Å². The van der Waals surface area contributed by atoms with Crippen LogP contribution < -0.4 is 5.32 Å². The lowest BCUT2D eigenvalue weighted by atomic mass is 9.90. The predicted octanol–water partition coefficient (Wildman–Crippen LogP) is 5.60. The molecule has 3 N–H and O–H groups in total. The molecule has 0 bridgehead atoms. The molecular formula is C20H30F6N2O2. The van der Waals surface area contributed by atoms with Gasteiger partial charge in [-0.25, -0.2) is 0 Å². The first kappa shape index (κ1) is 28.4. The SMILES string of the molecule is CC.CC(=N)C1(O)CCCNC1.CO[C@H](C)c1cc(C(F)(F)F)cc(C(F)(F)F)c1. The molecule has 4 nitrogen and oxygen atoms in total. The zero-order chi connectivity index (χ0) is 23.8. The highest BCUT2D eigenvalue weighted by atomic mass is 19.4. The monoisotopic (exact) mass is 444 g/mol. The zero-order valence-corrected chi connectivity index (χ0v) is 17.8. The third-order valence-electron chi connectivity index (χ3n) is 4.49. The first-order valence-corrected chi connectivity index (χ1v) is 9.51. The van der Waals surface area contributed by atoms with Crippen molar-refractivity contribution in [3.8, 4) is 0 Å². The summed E-state index contributed by atoms with van der Waals surface area (Å²) in [6.07, 6.45) is -8.82. The quantitative estimate of drug-likeness (QED) is 0.420. The van der Waals surface area contributed by atoms with Crippen LogP contribution in [-0.2, 0) is 17.1 Å². The Bertz CT molecular complexity index is 636. The van der Waals surface area contributed by atoms with Crippen molar-refractivity contribution in [3.05, 3.63) is 34.9 Å². The van der Waals surface area contributed by atoms with Gasteiger partial charge in [0.15, 0.2) is 0 Å². The van der Waals surface area contributed by atoms with Gasteiger partial charge >= 0.3 is 12.4 Å². The van der Waals surface area contributed by atoms with Gasteiger partial charge in [-0.15, -0.1) is 0 Å². The summed E-state index contributed by atoms with van der Waals surface area (Å²) >= 11 is 0. The Morgan fingerprint density at radius 1 is 1.10 bits per heavy atom. The van der Waals surface area contributed by atoms with E-state index in [0.29, 0.717) is 24.4 Å². The second kappa shape index (κ2) is 11.7. The summed E-state index contributed by atoms with van der Waals surface area (Å²) in [5.74, 6) is 0. The molecule has 1 aliphatic heterocycles. The van der Waals surface area contributed by atoms with Gasteiger partial charge in [0.2, 0.25) is 0 Å². The molecule has 0 amide bonds. The van der Waals surface area contributed by atoms with E-state index >= 15 is 0 Å². The minimum absolute atomic E-state index is 0.0892. The highest BCUT2D eigenvalue weighted by Crippen LogP contribution is 2.37. The molecule has 1 fully saturated rings. The molecule has 1 aromatic rings. The minimum atomic E-state index is -4.83. The number of halogens is 6. The van der Waals surface area contributed by atoms with Crippen molar-refractivity contribution in [1.29, 1.82) is 5.41 Å². The van der Waals surface area contributed by atoms with Crippen molar-refractivity contribution in [2.24, 2.45) is 0 Å². The van der Waals surface area contributed by atoms with Crippen LogP contribution in [0.2, 0.25) is 0 Å². The summed E-state index contributed by atoms with van der Waals surface area (Å²) in [5.41, 5.74) is -3.31. The molecule has 2 atom stereocenters. The van der Waals surface area contributed by atoms with E-state index in [-0.39, 0.29) is 11.6 Å². The van der Waals surface area contributed by atoms with Crippen molar-refractivity contribution in [2.45, 2.75) is 64.6 Å². The molecule has 1 aromatic carbocycles. The van der Waals surface area contributed by atoms with Gasteiger partial charge in [0.25, 0.3) is 0 Å². The Kier molecular flexibility index (Phi) is 11.0. The molecule has 0 aliphatic carbocycles. The molecule has 30 heavy (non-hydrogen) atoms. The number of aliphatic hydroxyl groups is 1. The Hall–Kier alpha value is -1.65. The molecule has 0 spiro atoms. The number of nitrogens with one attached hydrogen (secondary N) is 2. The van der Waals surface area contributed by atoms with Crippen molar-refractivity contribution >= 4 is 5.71 Å². The standard InChI is InChI=1S/C11H10F6O.C7H14N2O.C2H6/c1-6(18-2)7-3-8(10(12,13)14)5-9(4-7)11(15,16)17;1-6(8)7(10)3-2-4-9-5-7;1-2/h3-6H,1-2H3;8-10H,2-5H2,1H3;1-2H3/t6-;;/m1../s1. The third-order valence-corrected chi connectivity index (χ3v) is 4.49. The zero-order valence-electron chi connectivity index (χ0n) is 17.8. The van der Waals surface area contributed by atoms with E-state index in [4.69, 9.17) is 10.1 Å². The van der Waals surface area contributed by atoms with Crippen LogP contribution in [0.15, 0.2) is 18.2 Å². The predicted molar refractivity (Wildman–Crippen MR) is 104 cm³/mol. The number of benzene rings is 1. The number of hydrogen-bond donors (Lipinski definition) is 3. The van der Waals surface area contributed by atoms with Gasteiger partial charge < -0.3 is 20.6 Å².